The predicted octanol–water partition coefficient (Wildman–Crippen LogP) is 1.88. The maximum atomic E-state index is 12.6. The van der Waals surface area contributed by atoms with Gasteiger partial charge in [-0.25, -0.2) is 9.97 Å². The summed E-state index contributed by atoms with van der Waals surface area (Å²) in [5, 5.41) is 10.7. The molecule has 3 N–H and O–H groups in total. The first-order valence-corrected chi connectivity index (χ1v) is 8.92. The minimum atomic E-state index is -0.140. The summed E-state index contributed by atoms with van der Waals surface area (Å²) in [5.74, 6) is 1.06. The smallest absolute Gasteiger partial charge is 0.257 e. The molecule has 1 fully saturated rings. The predicted molar refractivity (Wildman–Crippen MR) is 103 cm³/mol. The van der Waals surface area contributed by atoms with E-state index in [4.69, 9.17) is 5.73 Å². The molecule has 0 atom stereocenters. The minimum Gasteiger partial charge on any atom is -0.507 e. The number of para-hydroxylation sites is 2. The van der Waals surface area contributed by atoms with Gasteiger partial charge in [0.25, 0.3) is 5.91 Å². The van der Waals surface area contributed by atoms with Crippen molar-refractivity contribution in [2.75, 3.05) is 31.9 Å². The van der Waals surface area contributed by atoms with Gasteiger partial charge in [0.2, 0.25) is 0 Å². The van der Waals surface area contributed by atoms with Crippen molar-refractivity contribution < 1.29 is 9.90 Å². The maximum Gasteiger partial charge on any atom is 0.257 e. The molecule has 2 aromatic carbocycles. The summed E-state index contributed by atoms with van der Waals surface area (Å²) in [6.45, 7) is 3.21. The summed E-state index contributed by atoms with van der Waals surface area (Å²) in [7, 11) is 0. The summed E-state index contributed by atoms with van der Waals surface area (Å²) < 4.78 is 0. The van der Waals surface area contributed by atoms with Crippen LogP contribution in [0.25, 0.3) is 10.9 Å². The van der Waals surface area contributed by atoms with Gasteiger partial charge in [0.1, 0.15) is 17.4 Å². The Balaban J connectivity index is 1.41. The first-order chi connectivity index (χ1) is 13.1. The zero-order valence-corrected chi connectivity index (χ0v) is 14.9. The number of phenols is 1. The molecule has 138 valence electrons. The topological polar surface area (TPSA) is 95.6 Å². The van der Waals surface area contributed by atoms with Crippen LogP contribution in [-0.4, -0.2) is 57.0 Å². The van der Waals surface area contributed by atoms with E-state index in [0.717, 1.165) is 24.0 Å². The van der Waals surface area contributed by atoms with Crippen LogP contribution in [0.2, 0.25) is 0 Å². The van der Waals surface area contributed by atoms with E-state index in [1.807, 2.05) is 24.3 Å². The van der Waals surface area contributed by atoms with Crippen LogP contribution in [0.3, 0.4) is 0 Å². The Bertz CT molecular complexity index is 983. The normalized spacial score (nSPS) is 15.2. The molecule has 1 saturated heterocycles. The summed E-state index contributed by atoms with van der Waals surface area (Å²) in [6.07, 6.45) is 0. The van der Waals surface area contributed by atoms with Crippen LogP contribution in [0.5, 0.6) is 5.75 Å². The first-order valence-electron chi connectivity index (χ1n) is 8.92. The molecule has 2 heterocycles. The summed E-state index contributed by atoms with van der Waals surface area (Å²) >= 11 is 0. The van der Waals surface area contributed by atoms with Crippen molar-refractivity contribution in [1.82, 2.24) is 19.8 Å². The van der Waals surface area contributed by atoms with E-state index in [1.54, 1.807) is 23.1 Å². The Kier molecular flexibility index (Phi) is 4.60. The Morgan fingerprint density at radius 1 is 1.00 bits per heavy atom. The molecule has 0 aliphatic carbocycles. The lowest BCUT2D eigenvalue weighted by atomic mass is 10.1. The molecule has 27 heavy (non-hydrogen) atoms. The molecule has 0 radical (unpaired) electrons. The Morgan fingerprint density at radius 3 is 2.48 bits per heavy atom. The van der Waals surface area contributed by atoms with Gasteiger partial charge in [0, 0.05) is 31.6 Å². The van der Waals surface area contributed by atoms with Crippen LogP contribution < -0.4 is 5.73 Å². The molecule has 0 saturated carbocycles. The summed E-state index contributed by atoms with van der Waals surface area (Å²) in [4.78, 5) is 25.6. The number of nitrogens with two attached hydrogens (primary N) is 1. The van der Waals surface area contributed by atoms with Crippen molar-refractivity contribution >= 4 is 22.6 Å². The minimum absolute atomic E-state index is 0.0185. The number of amides is 1. The van der Waals surface area contributed by atoms with Gasteiger partial charge in [0.15, 0.2) is 0 Å². The number of rotatable bonds is 3. The number of benzene rings is 2. The Morgan fingerprint density at radius 2 is 1.70 bits per heavy atom. The second-order valence-electron chi connectivity index (χ2n) is 6.63. The van der Waals surface area contributed by atoms with Crippen molar-refractivity contribution in [3.63, 3.8) is 0 Å². The van der Waals surface area contributed by atoms with Crippen molar-refractivity contribution in [2.24, 2.45) is 0 Å². The van der Waals surface area contributed by atoms with E-state index in [-0.39, 0.29) is 11.7 Å². The Labute approximate surface area is 157 Å². The number of nitrogen functional groups attached to an aromatic ring is 1. The third-order valence-electron chi connectivity index (χ3n) is 4.84. The van der Waals surface area contributed by atoms with Gasteiger partial charge in [-0.1, -0.05) is 24.3 Å². The van der Waals surface area contributed by atoms with E-state index in [2.05, 4.69) is 14.9 Å². The van der Waals surface area contributed by atoms with E-state index in [9.17, 15) is 9.90 Å². The highest BCUT2D eigenvalue weighted by Gasteiger charge is 2.24. The van der Waals surface area contributed by atoms with Gasteiger partial charge < -0.3 is 15.7 Å². The van der Waals surface area contributed by atoms with Crippen molar-refractivity contribution in [2.45, 2.75) is 6.54 Å². The van der Waals surface area contributed by atoms with Gasteiger partial charge >= 0.3 is 0 Å². The van der Waals surface area contributed by atoms with Crippen LogP contribution in [0.15, 0.2) is 48.5 Å². The maximum absolute atomic E-state index is 12.6. The van der Waals surface area contributed by atoms with Crippen LogP contribution in [0.1, 0.15) is 16.2 Å². The zero-order chi connectivity index (χ0) is 18.8. The van der Waals surface area contributed by atoms with Gasteiger partial charge in [0.05, 0.1) is 17.6 Å². The molecule has 4 rings (SSSR count). The number of carbonyl (C=O) groups is 1. The molecule has 7 heteroatoms. The molecule has 3 aromatic rings. The molecule has 7 nitrogen and oxygen atoms in total. The fourth-order valence-electron chi connectivity index (χ4n) is 3.36. The highest BCUT2D eigenvalue weighted by molar-refractivity contribution is 5.96. The van der Waals surface area contributed by atoms with E-state index < -0.39 is 0 Å². The quantitative estimate of drug-likeness (QED) is 0.738. The largest absolute Gasteiger partial charge is 0.507 e. The fourth-order valence-corrected chi connectivity index (χ4v) is 3.36. The highest BCUT2D eigenvalue weighted by Crippen LogP contribution is 2.20. The van der Waals surface area contributed by atoms with Crippen LogP contribution in [0, 0.1) is 0 Å². The number of anilines is 1. The summed E-state index contributed by atoms with van der Waals surface area (Å²) in [5.41, 5.74) is 7.24. The number of fused-ring (bicyclic) bond motifs is 1. The van der Waals surface area contributed by atoms with Crippen molar-refractivity contribution in [3.05, 3.63) is 59.9 Å². The number of piperazine rings is 1. The fraction of sp³-hybridized carbons (Fsp3) is 0.250. The standard InChI is InChI=1S/C20H21N5O2/c21-19-14-5-1-3-7-16(14)22-18(23-19)13-24-9-11-25(12-10-24)20(27)15-6-2-4-8-17(15)26/h1-8,26H,9-13H2,(H2,21,22,23). The van der Waals surface area contributed by atoms with E-state index in [1.165, 1.54) is 6.07 Å². The van der Waals surface area contributed by atoms with Gasteiger partial charge in [-0.3, -0.25) is 9.69 Å². The molecule has 1 aliphatic rings. The number of hydrogen-bond acceptors (Lipinski definition) is 6. The molecule has 1 aliphatic heterocycles. The lowest BCUT2D eigenvalue weighted by Gasteiger charge is -2.34. The van der Waals surface area contributed by atoms with Gasteiger partial charge in [-0.05, 0) is 24.3 Å². The average Bonchev–Trinajstić information content (AvgIpc) is 2.68. The molecule has 0 unspecified atom stereocenters. The van der Waals surface area contributed by atoms with E-state index in [0.29, 0.717) is 36.8 Å². The third kappa shape index (κ3) is 3.54. The number of carbonyl (C=O) groups excluding carboxylic acids is 1. The number of aromatic hydroxyl groups is 1. The lowest BCUT2D eigenvalue weighted by Crippen LogP contribution is -2.48. The molecule has 0 bridgehead atoms. The average molecular weight is 363 g/mol. The number of hydrogen-bond donors (Lipinski definition) is 2. The summed E-state index contributed by atoms with van der Waals surface area (Å²) in [6, 6.07) is 14.3. The lowest BCUT2D eigenvalue weighted by molar-refractivity contribution is 0.0623. The second-order valence-corrected chi connectivity index (χ2v) is 6.63. The molecular weight excluding hydrogens is 342 g/mol. The van der Waals surface area contributed by atoms with Gasteiger partial charge in [-0.2, -0.15) is 0 Å². The van der Waals surface area contributed by atoms with Crippen molar-refractivity contribution in [3.8, 4) is 5.75 Å². The molecule has 0 spiro atoms. The second kappa shape index (κ2) is 7.20. The Hall–Kier alpha value is -3.19. The highest BCUT2D eigenvalue weighted by atomic mass is 16.3. The third-order valence-corrected chi connectivity index (χ3v) is 4.84. The van der Waals surface area contributed by atoms with Crippen LogP contribution >= 0.6 is 0 Å². The van der Waals surface area contributed by atoms with Gasteiger partial charge in [-0.15, -0.1) is 0 Å². The van der Waals surface area contributed by atoms with Crippen LogP contribution in [0.4, 0.5) is 5.82 Å². The molecule has 1 amide bonds. The molecule has 1 aromatic heterocycles. The monoisotopic (exact) mass is 363 g/mol. The molecular formula is C20H21N5O2. The number of phenolic OH excluding ortho intramolecular Hbond substituents is 1. The van der Waals surface area contributed by atoms with Crippen molar-refractivity contribution in [1.29, 1.82) is 0 Å². The zero-order valence-electron chi connectivity index (χ0n) is 14.9. The SMILES string of the molecule is Nc1nc(CN2CCN(C(=O)c3ccccc3O)CC2)nc2ccccc12. The first kappa shape index (κ1) is 17.2. The van der Waals surface area contributed by atoms with Crippen LogP contribution in [-0.2, 0) is 6.54 Å². The number of nitrogens with zero attached hydrogens (tertiary/aromatic N) is 4. The number of aromatic nitrogens is 2. The van der Waals surface area contributed by atoms with E-state index >= 15 is 0 Å².